The lowest BCUT2D eigenvalue weighted by atomic mass is 9.96. The average Bonchev–Trinajstić information content (AvgIpc) is 3.08. The molecule has 1 N–H and O–H groups in total. The lowest BCUT2D eigenvalue weighted by Crippen LogP contribution is -2.34. The fraction of sp³-hybridized carbons (Fsp3) is 0.769. The Morgan fingerprint density at radius 3 is 2.72 bits per heavy atom. The van der Waals surface area contributed by atoms with Gasteiger partial charge >= 0.3 is 0 Å². The zero-order valence-corrected chi connectivity index (χ0v) is 12.0. The molecule has 2 aliphatic rings. The number of nitrogens with zero attached hydrogens (tertiary/aromatic N) is 2. The smallest absolute Gasteiger partial charge is 0.187 e. The Bertz CT molecular complexity index is 417. The van der Waals surface area contributed by atoms with Crippen LogP contribution in [0.25, 0.3) is 0 Å². The van der Waals surface area contributed by atoms with E-state index in [0.29, 0.717) is 11.2 Å². The first-order valence-corrected chi connectivity index (χ1v) is 8.01. The van der Waals surface area contributed by atoms with Gasteiger partial charge in [0.2, 0.25) is 0 Å². The zero-order valence-electron chi connectivity index (χ0n) is 10.4. The first kappa shape index (κ1) is 12.7. The molecule has 18 heavy (non-hydrogen) atoms. The summed E-state index contributed by atoms with van der Waals surface area (Å²) in [6.45, 7) is 1.09. The van der Waals surface area contributed by atoms with Gasteiger partial charge in [0, 0.05) is 12.6 Å². The Hall–Kier alpha value is -0.320. The van der Waals surface area contributed by atoms with E-state index < -0.39 is 0 Å². The molecule has 1 aliphatic carbocycles. The third kappa shape index (κ3) is 2.26. The normalized spacial score (nSPS) is 25.2. The van der Waals surface area contributed by atoms with Crippen LogP contribution in [0.1, 0.15) is 43.4 Å². The first-order valence-electron chi connectivity index (χ1n) is 6.82. The predicted octanol–water partition coefficient (Wildman–Crippen LogP) is 3.45. The van der Waals surface area contributed by atoms with E-state index in [-0.39, 0.29) is 6.61 Å². The van der Waals surface area contributed by atoms with E-state index in [1.54, 1.807) is 11.3 Å². The molecule has 3 nitrogen and oxygen atoms in total. The summed E-state index contributed by atoms with van der Waals surface area (Å²) in [5.41, 5.74) is 0. The van der Waals surface area contributed by atoms with Gasteiger partial charge in [-0.3, -0.25) is 0 Å². The summed E-state index contributed by atoms with van der Waals surface area (Å²) in [6.07, 6.45) is 8.05. The Labute approximate surface area is 117 Å². The van der Waals surface area contributed by atoms with E-state index in [1.165, 1.54) is 38.5 Å². The van der Waals surface area contributed by atoms with Gasteiger partial charge in [-0.05, 0) is 31.6 Å². The van der Waals surface area contributed by atoms with Gasteiger partial charge in [-0.2, -0.15) is 0 Å². The van der Waals surface area contributed by atoms with Gasteiger partial charge in [-0.1, -0.05) is 35.8 Å². The number of aliphatic hydroxyl groups excluding tert-OH is 1. The van der Waals surface area contributed by atoms with E-state index >= 15 is 0 Å². The van der Waals surface area contributed by atoms with Crippen molar-refractivity contribution in [2.45, 2.75) is 51.2 Å². The average molecular weight is 287 g/mol. The molecular weight excluding hydrogens is 268 g/mol. The molecule has 2 fully saturated rings. The van der Waals surface area contributed by atoms with Crippen molar-refractivity contribution < 1.29 is 5.11 Å². The van der Waals surface area contributed by atoms with Gasteiger partial charge in [0.15, 0.2) is 5.13 Å². The summed E-state index contributed by atoms with van der Waals surface area (Å²) >= 11 is 7.60. The van der Waals surface area contributed by atoms with Gasteiger partial charge in [0.05, 0.1) is 11.5 Å². The molecule has 1 aliphatic heterocycles. The minimum Gasteiger partial charge on any atom is -0.391 e. The van der Waals surface area contributed by atoms with E-state index in [4.69, 9.17) is 11.6 Å². The molecule has 0 amide bonds. The van der Waals surface area contributed by atoms with E-state index in [0.717, 1.165) is 22.5 Å². The van der Waals surface area contributed by atoms with Crippen LogP contribution >= 0.6 is 22.9 Å². The second kappa shape index (κ2) is 5.35. The highest BCUT2D eigenvalue weighted by Gasteiger charge is 2.34. The third-order valence-electron chi connectivity index (χ3n) is 4.27. The molecule has 0 aromatic carbocycles. The second-order valence-corrected chi connectivity index (χ2v) is 6.74. The SMILES string of the molecule is OCc1sc(N2CCCC2C2CCCC2)nc1Cl. The zero-order chi connectivity index (χ0) is 12.5. The van der Waals surface area contributed by atoms with Crippen molar-refractivity contribution in [3.63, 3.8) is 0 Å². The molecule has 1 unspecified atom stereocenters. The number of halogens is 1. The van der Waals surface area contributed by atoms with E-state index in [2.05, 4.69) is 9.88 Å². The standard InChI is InChI=1S/C13H19ClN2OS/c14-12-11(8-17)18-13(15-12)16-7-3-6-10(16)9-4-1-2-5-9/h9-10,17H,1-8H2. The molecule has 3 rings (SSSR count). The van der Waals surface area contributed by atoms with Crippen LogP contribution in [0.5, 0.6) is 0 Å². The summed E-state index contributed by atoms with van der Waals surface area (Å²) in [6, 6.07) is 0.654. The lowest BCUT2D eigenvalue weighted by Gasteiger charge is -2.28. The van der Waals surface area contributed by atoms with Crippen LogP contribution in [0.4, 0.5) is 5.13 Å². The minimum atomic E-state index is -0.00155. The maximum absolute atomic E-state index is 9.22. The van der Waals surface area contributed by atoms with Gasteiger partial charge in [-0.25, -0.2) is 4.98 Å². The summed E-state index contributed by atoms with van der Waals surface area (Å²) in [7, 11) is 0. The largest absolute Gasteiger partial charge is 0.391 e. The monoisotopic (exact) mass is 286 g/mol. The predicted molar refractivity (Wildman–Crippen MR) is 75.4 cm³/mol. The topological polar surface area (TPSA) is 36.4 Å². The van der Waals surface area contributed by atoms with Crippen LogP contribution in [-0.2, 0) is 6.61 Å². The first-order chi connectivity index (χ1) is 8.79. The van der Waals surface area contributed by atoms with Gasteiger partial charge in [0.1, 0.15) is 5.15 Å². The van der Waals surface area contributed by atoms with Crippen molar-refractivity contribution in [1.29, 1.82) is 0 Å². The highest BCUT2D eigenvalue weighted by Crippen LogP contribution is 2.40. The summed E-state index contributed by atoms with van der Waals surface area (Å²) in [5, 5.41) is 10.7. The number of hydrogen-bond donors (Lipinski definition) is 1. The quantitative estimate of drug-likeness (QED) is 0.925. The van der Waals surface area contributed by atoms with E-state index in [9.17, 15) is 5.11 Å². The maximum Gasteiger partial charge on any atom is 0.187 e. The molecule has 0 bridgehead atoms. The third-order valence-corrected chi connectivity index (χ3v) is 5.77. The summed E-state index contributed by atoms with van der Waals surface area (Å²) in [4.78, 5) is 7.67. The van der Waals surface area contributed by atoms with Crippen LogP contribution in [0.15, 0.2) is 0 Å². The highest BCUT2D eigenvalue weighted by atomic mass is 35.5. The molecule has 1 saturated carbocycles. The number of anilines is 1. The van der Waals surface area contributed by atoms with Crippen LogP contribution in [-0.4, -0.2) is 22.7 Å². The van der Waals surface area contributed by atoms with Crippen molar-refractivity contribution in [2.75, 3.05) is 11.4 Å². The number of rotatable bonds is 3. The number of aromatic nitrogens is 1. The molecule has 1 atom stereocenters. The van der Waals surface area contributed by atoms with Gasteiger partial charge in [0.25, 0.3) is 0 Å². The van der Waals surface area contributed by atoms with E-state index in [1.807, 2.05) is 0 Å². The molecule has 1 saturated heterocycles. The van der Waals surface area contributed by atoms with Crippen molar-refractivity contribution >= 4 is 28.1 Å². The minimum absolute atomic E-state index is 0.00155. The lowest BCUT2D eigenvalue weighted by molar-refractivity contribution is 0.285. The van der Waals surface area contributed by atoms with Crippen molar-refractivity contribution in [3.05, 3.63) is 10.0 Å². The molecule has 100 valence electrons. The molecule has 1 aromatic heterocycles. The molecular formula is C13H19ClN2OS. The van der Waals surface area contributed by atoms with Crippen LogP contribution < -0.4 is 4.90 Å². The van der Waals surface area contributed by atoms with Crippen molar-refractivity contribution in [2.24, 2.45) is 5.92 Å². The van der Waals surface area contributed by atoms with Gasteiger partial charge in [-0.15, -0.1) is 0 Å². The Morgan fingerprint density at radius 2 is 2.06 bits per heavy atom. The maximum atomic E-state index is 9.22. The molecule has 0 radical (unpaired) electrons. The Morgan fingerprint density at radius 1 is 1.28 bits per heavy atom. The Kier molecular flexibility index (Phi) is 3.78. The molecule has 1 aromatic rings. The number of hydrogen-bond acceptors (Lipinski definition) is 4. The van der Waals surface area contributed by atoms with Crippen LogP contribution in [0.2, 0.25) is 5.15 Å². The van der Waals surface area contributed by atoms with Crippen molar-refractivity contribution in [3.8, 4) is 0 Å². The fourth-order valence-corrected chi connectivity index (χ4v) is 4.61. The highest BCUT2D eigenvalue weighted by molar-refractivity contribution is 7.16. The Balaban J connectivity index is 1.80. The summed E-state index contributed by atoms with van der Waals surface area (Å²) < 4.78 is 0. The molecule has 2 heterocycles. The van der Waals surface area contributed by atoms with Crippen LogP contribution in [0.3, 0.4) is 0 Å². The molecule has 0 spiro atoms. The molecule has 5 heteroatoms. The van der Waals surface area contributed by atoms with Gasteiger partial charge < -0.3 is 10.0 Å². The van der Waals surface area contributed by atoms with Crippen molar-refractivity contribution in [1.82, 2.24) is 4.98 Å². The number of thiazole rings is 1. The summed E-state index contributed by atoms with van der Waals surface area (Å²) in [5.74, 6) is 0.841. The number of aliphatic hydroxyl groups is 1. The second-order valence-electron chi connectivity index (χ2n) is 5.32. The fourth-order valence-electron chi connectivity index (χ4n) is 3.40. The van der Waals surface area contributed by atoms with Crippen LogP contribution in [0, 0.1) is 5.92 Å².